The fraction of sp³-hybridized carbons (Fsp3) is 0.143. The van der Waals surface area contributed by atoms with Crippen LogP contribution in [0.2, 0.25) is 0 Å². The number of nitrogens with zero attached hydrogens (tertiary/aromatic N) is 3. The predicted octanol–water partition coefficient (Wildman–Crippen LogP) is 2.20. The number of benzene rings is 2. The molecule has 142 valence electrons. The van der Waals surface area contributed by atoms with Crippen molar-refractivity contribution in [3.8, 4) is 0 Å². The third-order valence-corrected chi connectivity index (χ3v) is 4.29. The molecule has 28 heavy (non-hydrogen) atoms. The van der Waals surface area contributed by atoms with E-state index in [2.05, 4.69) is 6.58 Å². The van der Waals surface area contributed by atoms with Crippen molar-refractivity contribution in [3.05, 3.63) is 78.9 Å². The minimum atomic E-state index is -0.999. The zero-order chi connectivity index (χ0) is 20.1. The van der Waals surface area contributed by atoms with Gasteiger partial charge in [0.2, 0.25) is 5.91 Å². The van der Waals surface area contributed by atoms with Crippen molar-refractivity contribution >= 4 is 29.4 Å². The van der Waals surface area contributed by atoms with E-state index in [1.54, 1.807) is 54.6 Å². The van der Waals surface area contributed by atoms with Gasteiger partial charge in [-0.25, -0.2) is 9.69 Å². The van der Waals surface area contributed by atoms with E-state index < -0.39 is 30.3 Å². The number of amides is 5. The van der Waals surface area contributed by atoms with Gasteiger partial charge < -0.3 is 4.90 Å². The third kappa shape index (κ3) is 3.83. The van der Waals surface area contributed by atoms with Gasteiger partial charge in [0.15, 0.2) is 0 Å². The average Bonchev–Trinajstić information content (AvgIpc) is 2.91. The van der Waals surface area contributed by atoms with Gasteiger partial charge in [0.25, 0.3) is 0 Å². The highest BCUT2D eigenvalue weighted by Crippen LogP contribution is 2.18. The summed E-state index contributed by atoms with van der Waals surface area (Å²) in [7, 11) is 0. The molecule has 0 bridgehead atoms. The second kappa shape index (κ2) is 8.30. The van der Waals surface area contributed by atoms with Gasteiger partial charge in [0.05, 0.1) is 6.54 Å². The molecule has 0 N–H and O–H groups in total. The molecule has 2 aromatic carbocycles. The van der Waals surface area contributed by atoms with Crippen molar-refractivity contribution in [3.63, 3.8) is 0 Å². The number of hydrogen-bond donors (Lipinski definition) is 0. The number of imide groups is 2. The van der Waals surface area contributed by atoms with Crippen LogP contribution in [0.15, 0.2) is 73.3 Å². The van der Waals surface area contributed by atoms with Gasteiger partial charge in [-0.1, -0.05) is 54.6 Å². The SMILES string of the molecule is C=CCN(C(=O)CN1C(=O)C(=O)N(Cc2ccccc2)C1=O)c1ccccc1. The summed E-state index contributed by atoms with van der Waals surface area (Å²) >= 11 is 0. The number of carbonyl (C=O) groups excluding carboxylic acids is 4. The highest BCUT2D eigenvalue weighted by Gasteiger charge is 2.45. The molecule has 1 heterocycles. The van der Waals surface area contributed by atoms with Crippen LogP contribution in [0.1, 0.15) is 5.56 Å². The lowest BCUT2D eigenvalue weighted by atomic mass is 10.2. The summed E-state index contributed by atoms with van der Waals surface area (Å²) in [5, 5.41) is 0. The fourth-order valence-corrected chi connectivity index (χ4v) is 2.90. The first-order valence-electron chi connectivity index (χ1n) is 8.70. The van der Waals surface area contributed by atoms with E-state index in [1.807, 2.05) is 12.1 Å². The van der Waals surface area contributed by atoms with Crippen molar-refractivity contribution in [1.82, 2.24) is 9.80 Å². The Balaban J connectivity index is 1.76. The van der Waals surface area contributed by atoms with Crippen LogP contribution < -0.4 is 4.90 Å². The standard InChI is InChI=1S/C21H19N3O4/c1-2-13-22(17-11-7-4-8-12-17)18(25)15-24-20(27)19(26)23(21(24)28)14-16-9-5-3-6-10-16/h2-12H,1,13-15H2. The first kappa shape index (κ1) is 19.0. The molecule has 1 aliphatic heterocycles. The minimum Gasteiger partial charge on any atom is -0.307 e. The first-order valence-corrected chi connectivity index (χ1v) is 8.70. The van der Waals surface area contributed by atoms with E-state index >= 15 is 0 Å². The number of para-hydroxylation sites is 1. The molecule has 0 unspecified atom stereocenters. The molecule has 7 heteroatoms. The smallest absolute Gasteiger partial charge is 0.307 e. The summed E-state index contributed by atoms with van der Waals surface area (Å²) < 4.78 is 0. The molecule has 7 nitrogen and oxygen atoms in total. The molecule has 5 amide bonds. The highest BCUT2D eigenvalue weighted by atomic mass is 16.2. The van der Waals surface area contributed by atoms with Crippen molar-refractivity contribution in [2.24, 2.45) is 0 Å². The Morgan fingerprint density at radius 1 is 0.893 bits per heavy atom. The number of hydrogen-bond acceptors (Lipinski definition) is 4. The Morgan fingerprint density at radius 2 is 1.46 bits per heavy atom. The Labute approximate surface area is 162 Å². The summed E-state index contributed by atoms with van der Waals surface area (Å²) in [5.41, 5.74) is 1.32. The summed E-state index contributed by atoms with van der Waals surface area (Å²) in [4.78, 5) is 52.8. The quantitative estimate of drug-likeness (QED) is 0.421. The van der Waals surface area contributed by atoms with Gasteiger partial charge >= 0.3 is 17.8 Å². The van der Waals surface area contributed by atoms with E-state index in [-0.39, 0.29) is 13.1 Å². The Bertz CT molecular complexity index is 912. The second-order valence-electron chi connectivity index (χ2n) is 6.18. The fourth-order valence-electron chi connectivity index (χ4n) is 2.90. The molecule has 3 rings (SSSR count). The molecule has 1 fully saturated rings. The minimum absolute atomic E-state index is 0.0238. The number of urea groups is 1. The number of anilines is 1. The van der Waals surface area contributed by atoms with Crippen LogP contribution in [0, 0.1) is 0 Å². The van der Waals surface area contributed by atoms with Crippen LogP contribution >= 0.6 is 0 Å². The maximum atomic E-state index is 12.8. The van der Waals surface area contributed by atoms with E-state index in [4.69, 9.17) is 0 Å². The van der Waals surface area contributed by atoms with Crippen LogP contribution in [0.4, 0.5) is 10.5 Å². The Kier molecular flexibility index (Phi) is 5.64. The predicted molar refractivity (Wildman–Crippen MR) is 103 cm³/mol. The lowest BCUT2D eigenvalue weighted by Gasteiger charge is -2.23. The van der Waals surface area contributed by atoms with Gasteiger partial charge in [0, 0.05) is 12.2 Å². The van der Waals surface area contributed by atoms with Crippen LogP contribution in [0.3, 0.4) is 0 Å². The largest absolute Gasteiger partial charge is 0.335 e. The molecule has 0 aliphatic carbocycles. The van der Waals surface area contributed by atoms with Crippen molar-refractivity contribution in [1.29, 1.82) is 0 Å². The van der Waals surface area contributed by atoms with Gasteiger partial charge in [-0.05, 0) is 17.7 Å². The van der Waals surface area contributed by atoms with Crippen LogP contribution in [-0.4, -0.2) is 46.6 Å². The summed E-state index contributed by atoms with van der Waals surface area (Å²) in [6, 6.07) is 16.9. The normalized spacial score (nSPS) is 13.8. The zero-order valence-corrected chi connectivity index (χ0v) is 15.2. The third-order valence-electron chi connectivity index (χ3n) is 4.29. The molecule has 0 spiro atoms. The van der Waals surface area contributed by atoms with E-state index in [0.29, 0.717) is 16.2 Å². The molecule has 2 aromatic rings. The first-order chi connectivity index (χ1) is 13.5. The topological polar surface area (TPSA) is 78.0 Å². The van der Waals surface area contributed by atoms with E-state index in [0.717, 1.165) is 4.90 Å². The maximum absolute atomic E-state index is 12.8. The van der Waals surface area contributed by atoms with Crippen LogP contribution in [-0.2, 0) is 20.9 Å². The number of carbonyl (C=O) groups is 4. The van der Waals surface area contributed by atoms with Gasteiger partial charge in [-0.2, -0.15) is 0 Å². The lowest BCUT2D eigenvalue weighted by molar-refractivity contribution is -0.144. The van der Waals surface area contributed by atoms with Crippen molar-refractivity contribution in [2.45, 2.75) is 6.54 Å². The monoisotopic (exact) mass is 377 g/mol. The highest BCUT2D eigenvalue weighted by molar-refractivity contribution is 6.45. The lowest BCUT2D eigenvalue weighted by Crippen LogP contribution is -2.43. The summed E-state index contributed by atoms with van der Waals surface area (Å²) in [5.74, 6) is -2.42. The van der Waals surface area contributed by atoms with Gasteiger partial charge in [-0.3, -0.25) is 19.3 Å². The van der Waals surface area contributed by atoms with Crippen LogP contribution in [0.25, 0.3) is 0 Å². The van der Waals surface area contributed by atoms with Gasteiger partial charge in [-0.15, -0.1) is 6.58 Å². The summed E-state index contributed by atoms with van der Waals surface area (Å²) in [6.07, 6.45) is 1.55. The zero-order valence-electron chi connectivity index (χ0n) is 15.2. The molecular weight excluding hydrogens is 358 g/mol. The maximum Gasteiger partial charge on any atom is 0.335 e. The molecular formula is C21H19N3O4. The molecule has 0 radical (unpaired) electrons. The molecule has 0 saturated carbocycles. The molecule has 0 aromatic heterocycles. The van der Waals surface area contributed by atoms with Crippen molar-refractivity contribution < 1.29 is 19.2 Å². The van der Waals surface area contributed by atoms with E-state index in [1.165, 1.54) is 4.90 Å². The molecule has 0 atom stereocenters. The number of rotatable bonds is 7. The average molecular weight is 377 g/mol. The molecule has 1 saturated heterocycles. The van der Waals surface area contributed by atoms with Crippen LogP contribution in [0.5, 0.6) is 0 Å². The second-order valence-corrected chi connectivity index (χ2v) is 6.18. The Hall–Kier alpha value is -3.74. The molecule has 1 aliphatic rings. The van der Waals surface area contributed by atoms with E-state index in [9.17, 15) is 19.2 Å². The Morgan fingerprint density at radius 3 is 2.07 bits per heavy atom. The van der Waals surface area contributed by atoms with Gasteiger partial charge in [0.1, 0.15) is 6.54 Å². The summed E-state index contributed by atoms with van der Waals surface area (Å²) in [6.45, 7) is 3.31. The van der Waals surface area contributed by atoms with Crippen molar-refractivity contribution in [2.75, 3.05) is 18.0 Å².